The summed E-state index contributed by atoms with van der Waals surface area (Å²) >= 11 is 0. The van der Waals surface area contributed by atoms with E-state index in [0.29, 0.717) is 11.6 Å². The Balaban J connectivity index is 1.80. The van der Waals surface area contributed by atoms with Gasteiger partial charge < -0.3 is 15.6 Å². The molecule has 1 fully saturated rings. The van der Waals surface area contributed by atoms with Crippen molar-refractivity contribution in [1.29, 1.82) is 0 Å². The number of hydrogen-bond donors (Lipinski definition) is 3. The zero-order chi connectivity index (χ0) is 14.4. The smallest absolute Gasteiger partial charge is 0.251 e. The van der Waals surface area contributed by atoms with Gasteiger partial charge in [0.05, 0.1) is 0 Å². The molecule has 1 aromatic rings. The second-order valence-electron chi connectivity index (χ2n) is 5.42. The van der Waals surface area contributed by atoms with E-state index < -0.39 is 0 Å². The fourth-order valence-electron chi connectivity index (χ4n) is 2.64. The van der Waals surface area contributed by atoms with Gasteiger partial charge in [0.25, 0.3) is 5.91 Å². The average molecular weight is 277 g/mol. The maximum Gasteiger partial charge on any atom is 0.251 e. The number of aromatic amines is 1. The first-order chi connectivity index (χ1) is 9.69. The third kappa shape index (κ3) is 4.20. The van der Waals surface area contributed by atoms with Gasteiger partial charge in [0.15, 0.2) is 0 Å². The summed E-state index contributed by atoms with van der Waals surface area (Å²) < 4.78 is 0. The number of pyridine rings is 1. The first kappa shape index (κ1) is 14.8. The highest BCUT2D eigenvalue weighted by Crippen LogP contribution is 2.19. The van der Waals surface area contributed by atoms with Crippen molar-refractivity contribution >= 4 is 5.91 Å². The molecule has 0 spiro atoms. The van der Waals surface area contributed by atoms with Gasteiger partial charge in [0, 0.05) is 29.9 Å². The van der Waals surface area contributed by atoms with Gasteiger partial charge in [0.2, 0.25) is 5.56 Å². The van der Waals surface area contributed by atoms with E-state index in [2.05, 4.69) is 22.5 Å². The lowest BCUT2D eigenvalue weighted by molar-refractivity contribution is 0.0924. The highest BCUT2D eigenvalue weighted by molar-refractivity contribution is 5.94. The molecule has 5 nitrogen and oxygen atoms in total. The Labute approximate surface area is 119 Å². The Kier molecular flexibility index (Phi) is 5.35. The van der Waals surface area contributed by atoms with Gasteiger partial charge in [-0.25, -0.2) is 0 Å². The van der Waals surface area contributed by atoms with Crippen molar-refractivity contribution in [3.8, 4) is 0 Å². The van der Waals surface area contributed by atoms with E-state index in [1.165, 1.54) is 12.3 Å². The molecule has 110 valence electrons. The van der Waals surface area contributed by atoms with E-state index in [9.17, 15) is 9.59 Å². The van der Waals surface area contributed by atoms with Crippen molar-refractivity contribution in [3.63, 3.8) is 0 Å². The van der Waals surface area contributed by atoms with Crippen molar-refractivity contribution in [2.45, 2.75) is 51.1 Å². The Morgan fingerprint density at radius 3 is 2.65 bits per heavy atom. The molecule has 0 aromatic carbocycles. The molecular formula is C15H23N3O2. The number of H-pyrrole nitrogens is 1. The number of nitrogens with one attached hydrogen (secondary N) is 3. The number of hydrogen-bond acceptors (Lipinski definition) is 3. The number of amides is 1. The van der Waals surface area contributed by atoms with Crippen LogP contribution in [0.3, 0.4) is 0 Å². The molecule has 0 bridgehead atoms. The zero-order valence-electron chi connectivity index (χ0n) is 11.9. The molecular weight excluding hydrogens is 254 g/mol. The van der Waals surface area contributed by atoms with Crippen molar-refractivity contribution in [2.24, 2.45) is 0 Å². The largest absolute Gasteiger partial charge is 0.349 e. The van der Waals surface area contributed by atoms with Gasteiger partial charge in [-0.1, -0.05) is 6.92 Å². The number of aromatic nitrogens is 1. The highest BCUT2D eigenvalue weighted by atomic mass is 16.2. The molecule has 0 atom stereocenters. The summed E-state index contributed by atoms with van der Waals surface area (Å²) in [6.45, 7) is 3.23. The van der Waals surface area contributed by atoms with E-state index in [0.717, 1.165) is 38.6 Å². The van der Waals surface area contributed by atoms with Gasteiger partial charge in [-0.2, -0.15) is 0 Å². The van der Waals surface area contributed by atoms with E-state index in [1.807, 2.05) is 0 Å². The molecule has 20 heavy (non-hydrogen) atoms. The third-order valence-electron chi connectivity index (χ3n) is 3.78. The average Bonchev–Trinajstić information content (AvgIpc) is 2.46. The lowest BCUT2D eigenvalue weighted by Gasteiger charge is -2.29. The zero-order valence-corrected chi connectivity index (χ0v) is 11.9. The summed E-state index contributed by atoms with van der Waals surface area (Å²) in [6.07, 6.45) is 6.84. The van der Waals surface area contributed by atoms with Crippen molar-refractivity contribution in [1.82, 2.24) is 15.6 Å². The predicted octanol–water partition coefficient (Wildman–Crippen LogP) is 1.42. The first-order valence-electron chi connectivity index (χ1n) is 7.42. The topological polar surface area (TPSA) is 74.0 Å². The van der Waals surface area contributed by atoms with Crippen LogP contribution in [-0.2, 0) is 0 Å². The standard InChI is InChI=1S/C15H23N3O2/c1-2-8-16-12-3-5-13(6-4-12)18-15(20)11-7-9-17-14(19)10-11/h7,9-10,12-13,16H,2-6,8H2,1H3,(H,17,19)(H,18,20). The van der Waals surface area contributed by atoms with E-state index in [4.69, 9.17) is 0 Å². The molecule has 1 amide bonds. The molecule has 0 saturated heterocycles. The van der Waals surface area contributed by atoms with Gasteiger partial charge in [-0.05, 0) is 44.7 Å². The molecule has 0 radical (unpaired) electrons. The molecule has 1 heterocycles. The van der Waals surface area contributed by atoms with Crippen LogP contribution in [0.1, 0.15) is 49.4 Å². The maximum atomic E-state index is 12.0. The summed E-state index contributed by atoms with van der Waals surface area (Å²) in [5.41, 5.74) is 0.185. The molecule has 1 aliphatic carbocycles. The summed E-state index contributed by atoms with van der Waals surface area (Å²) in [7, 11) is 0. The Morgan fingerprint density at radius 2 is 2.00 bits per heavy atom. The fraction of sp³-hybridized carbons (Fsp3) is 0.600. The predicted molar refractivity (Wildman–Crippen MR) is 78.9 cm³/mol. The van der Waals surface area contributed by atoms with Crippen LogP contribution in [0, 0.1) is 0 Å². The van der Waals surface area contributed by atoms with E-state index in [1.54, 1.807) is 6.07 Å². The van der Waals surface area contributed by atoms with Crippen LogP contribution in [0.4, 0.5) is 0 Å². The minimum Gasteiger partial charge on any atom is -0.349 e. The van der Waals surface area contributed by atoms with Crippen LogP contribution in [-0.4, -0.2) is 29.5 Å². The summed E-state index contributed by atoms with van der Waals surface area (Å²) in [4.78, 5) is 25.7. The second-order valence-corrected chi connectivity index (χ2v) is 5.42. The fourth-order valence-corrected chi connectivity index (χ4v) is 2.64. The normalized spacial score (nSPS) is 22.4. The minimum atomic E-state index is -0.245. The SMILES string of the molecule is CCCNC1CCC(NC(=O)c2cc[nH]c(=O)c2)CC1. The van der Waals surface area contributed by atoms with E-state index in [-0.39, 0.29) is 17.5 Å². The van der Waals surface area contributed by atoms with Crippen LogP contribution in [0.15, 0.2) is 23.1 Å². The van der Waals surface area contributed by atoms with Crippen molar-refractivity contribution in [3.05, 3.63) is 34.2 Å². The quantitative estimate of drug-likeness (QED) is 0.762. The third-order valence-corrected chi connectivity index (χ3v) is 3.78. The van der Waals surface area contributed by atoms with Crippen LogP contribution in [0.25, 0.3) is 0 Å². The maximum absolute atomic E-state index is 12.0. The highest BCUT2D eigenvalue weighted by Gasteiger charge is 2.22. The molecule has 0 aliphatic heterocycles. The summed E-state index contributed by atoms with van der Waals surface area (Å²) in [5.74, 6) is -0.152. The monoisotopic (exact) mass is 277 g/mol. The summed E-state index contributed by atoms with van der Waals surface area (Å²) in [6, 6.07) is 3.78. The Morgan fingerprint density at radius 1 is 1.30 bits per heavy atom. The van der Waals surface area contributed by atoms with Crippen molar-refractivity contribution in [2.75, 3.05) is 6.54 Å². The van der Waals surface area contributed by atoms with Gasteiger partial charge in [-0.15, -0.1) is 0 Å². The van der Waals surface area contributed by atoms with Crippen LogP contribution >= 0.6 is 0 Å². The van der Waals surface area contributed by atoms with Gasteiger partial charge in [0.1, 0.15) is 0 Å². The minimum absolute atomic E-state index is 0.152. The molecule has 0 unspecified atom stereocenters. The second kappa shape index (κ2) is 7.24. The molecule has 1 aliphatic rings. The van der Waals surface area contributed by atoms with Crippen molar-refractivity contribution < 1.29 is 4.79 Å². The molecule has 5 heteroatoms. The number of carbonyl (C=O) groups excluding carboxylic acids is 1. The number of carbonyl (C=O) groups is 1. The Bertz CT molecular complexity index is 490. The Hall–Kier alpha value is -1.62. The number of rotatable bonds is 5. The molecule has 1 saturated carbocycles. The van der Waals surface area contributed by atoms with Crippen LogP contribution in [0.2, 0.25) is 0 Å². The van der Waals surface area contributed by atoms with Crippen LogP contribution < -0.4 is 16.2 Å². The van der Waals surface area contributed by atoms with E-state index >= 15 is 0 Å². The lowest BCUT2D eigenvalue weighted by Crippen LogP contribution is -2.42. The first-order valence-corrected chi connectivity index (χ1v) is 7.42. The molecule has 2 rings (SSSR count). The van der Waals surface area contributed by atoms with Crippen LogP contribution in [0.5, 0.6) is 0 Å². The van der Waals surface area contributed by atoms with Gasteiger partial charge in [-0.3, -0.25) is 9.59 Å². The van der Waals surface area contributed by atoms with Gasteiger partial charge >= 0.3 is 0 Å². The molecule has 1 aromatic heterocycles. The summed E-state index contributed by atoms with van der Waals surface area (Å²) in [5, 5.41) is 6.55. The molecule has 3 N–H and O–H groups in total. The lowest BCUT2D eigenvalue weighted by atomic mass is 9.91.